The molecule has 0 bridgehead atoms. The molecule has 0 aromatic carbocycles. The largest absolute Gasteiger partial charge is 0.480 e. The Kier molecular flexibility index (Phi) is 4.62. The van der Waals surface area contributed by atoms with Crippen molar-refractivity contribution in [2.75, 3.05) is 6.54 Å². The van der Waals surface area contributed by atoms with Crippen LogP contribution in [-0.2, 0) is 11.3 Å². The van der Waals surface area contributed by atoms with E-state index in [1.54, 1.807) is 0 Å². The Morgan fingerprint density at radius 3 is 2.76 bits per heavy atom. The van der Waals surface area contributed by atoms with Gasteiger partial charge in [0.2, 0.25) is 0 Å². The number of aliphatic carboxylic acids is 1. The monoisotopic (exact) mass is 309 g/mol. The number of thiophene rings is 1. The molecule has 2 fully saturated rings. The van der Waals surface area contributed by atoms with E-state index >= 15 is 0 Å². The lowest BCUT2D eigenvalue weighted by Gasteiger charge is -2.21. The number of aliphatic hydroxyl groups is 1. The summed E-state index contributed by atoms with van der Waals surface area (Å²) in [5, 5.41) is 18.9. The van der Waals surface area contributed by atoms with Gasteiger partial charge in [-0.3, -0.25) is 9.69 Å². The Morgan fingerprint density at radius 2 is 2.05 bits per heavy atom. The van der Waals surface area contributed by atoms with E-state index in [1.165, 1.54) is 41.9 Å². The second kappa shape index (κ2) is 6.46. The molecular weight excluding hydrogens is 286 g/mol. The van der Waals surface area contributed by atoms with Crippen molar-refractivity contribution in [3.05, 3.63) is 21.9 Å². The van der Waals surface area contributed by atoms with Crippen molar-refractivity contribution in [1.82, 2.24) is 4.90 Å². The summed E-state index contributed by atoms with van der Waals surface area (Å²) < 4.78 is 0. The van der Waals surface area contributed by atoms with Crippen LogP contribution in [-0.4, -0.2) is 39.8 Å². The molecule has 0 amide bonds. The Balaban J connectivity index is 1.65. The van der Waals surface area contributed by atoms with Crippen molar-refractivity contribution in [1.29, 1.82) is 0 Å². The zero-order valence-corrected chi connectivity index (χ0v) is 13.0. The fourth-order valence-corrected chi connectivity index (χ4v) is 4.80. The van der Waals surface area contributed by atoms with Crippen molar-refractivity contribution in [2.24, 2.45) is 0 Å². The third-order valence-corrected chi connectivity index (χ3v) is 5.95. The molecular formula is C16H23NO3S. The van der Waals surface area contributed by atoms with E-state index in [1.807, 2.05) is 16.2 Å². The van der Waals surface area contributed by atoms with Crippen LogP contribution in [0.3, 0.4) is 0 Å². The minimum atomic E-state index is -0.824. The average Bonchev–Trinajstić information content (AvgIpc) is 3.07. The number of carboxylic acids is 1. The van der Waals surface area contributed by atoms with E-state index in [0.29, 0.717) is 25.4 Å². The number of likely N-dealkylation sites (tertiary alicyclic amines) is 1. The maximum atomic E-state index is 11.3. The molecule has 3 rings (SSSR count). The fourth-order valence-electron chi connectivity index (χ4n) is 3.60. The maximum absolute atomic E-state index is 11.3. The molecule has 21 heavy (non-hydrogen) atoms. The van der Waals surface area contributed by atoms with E-state index in [0.717, 1.165) is 0 Å². The summed E-state index contributed by atoms with van der Waals surface area (Å²) in [6.45, 7) is 1.11. The molecule has 1 aliphatic carbocycles. The topological polar surface area (TPSA) is 60.8 Å². The molecule has 0 radical (unpaired) electrons. The van der Waals surface area contributed by atoms with Crippen LogP contribution in [0.2, 0.25) is 0 Å². The number of hydrogen-bond donors (Lipinski definition) is 2. The van der Waals surface area contributed by atoms with Gasteiger partial charge in [0.25, 0.3) is 0 Å². The summed E-state index contributed by atoms with van der Waals surface area (Å²) in [6.07, 6.45) is 6.44. The smallest absolute Gasteiger partial charge is 0.321 e. The van der Waals surface area contributed by atoms with E-state index in [9.17, 15) is 15.0 Å². The Morgan fingerprint density at radius 1 is 1.29 bits per heavy atom. The van der Waals surface area contributed by atoms with Crippen LogP contribution < -0.4 is 0 Å². The summed E-state index contributed by atoms with van der Waals surface area (Å²) in [5.74, 6) is -0.118. The predicted octanol–water partition coefficient (Wildman–Crippen LogP) is 2.82. The van der Waals surface area contributed by atoms with Crippen molar-refractivity contribution < 1.29 is 15.0 Å². The van der Waals surface area contributed by atoms with Crippen LogP contribution in [0.5, 0.6) is 0 Å². The van der Waals surface area contributed by atoms with Crippen LogP contribution in [0.1, 0.15) is 54.2 Å². The Bertz CT molecular complexity index is 495. The molecule has 2 aliphatic rings. The van der Waals surface area contributed by atoms with E-state index in [-0.39, 0.29) is 0 Å². The Labute approximate surface area is 129 Å². The SMILES string of the molecule is O=C(O)[C@@H]1C[C@@H](O)CN1Cc1ccc(C2CCCCC2)s1. The van der Waals surface area contributed by atoms with E-state index in [4.69, 9.17) is 0 Å². The third kappa shape index (κ3) is 3.47. The van der Waals surface area contributed by atoms with Gasteiger partial charge < -0.3 is 10.2 Å². The quantitative estimate of drug-likeness (QED) is 0.898. The summed E-state index contributed by atoms with van der Waals surface area (Å²) >= 11 is 1.82. The molecule has 1 saturated carbocycles. The molecule has 0 spiro atoms. The first-order chi connectivity index (χ1) is 10.1. The summed E-state index contributed by atoms with van der Waals surface area (Å²) in [7, 11) is 0. The number of nitrogens with zero attached hydrogens (tertiary/aromatic N) is 1. The van der Waals surface area contributed by atoms with E-state index in [2.05, 4.69) is 12.1 Å². The van der Waals surface area contributed by atoms with Gasteiger partial charge in [0, 0.05) is 29.3 Å². The number of rotatable bonds is 4. The predicted molar refractivity (Wildman–Crippen MR) is 82.6 cm³/mol. The first kappa shape index (κ1) is 15.0. The molecule has 5 heteroatoms. The van der Waals surface area contributed by atoms with Crippen molar-refractivity contribution in [2.45, 2.75) is 63.1 Å². The van der Waals surface area contributed by atoms with Gasteiger partial charge in [-0.15, -0.1) is 11.3 Å². The molecule has 1 aliphatic heterocycles. The van der Waals surface area contributed by atoms with Gasteiger partial charge >= 0.3 is 5.97 Å². The molecule has 2 N–H and O–H groups in total. The highest BCUT2D eigenvalue weighted by molar-refractivity contribution is 7.12. The lowest BCUT2D eigenvalue weighted by atomic mass is 9.88. The summed E-state index contributed by atoms with van der Waals surface area (Å²) in [4.78, 5) is 15.8. The highest BCUT2D eigenvalue weighted by Gasteiger charge is 2.36. The third-order valence-electron chi connectivity index (χ3n) is 4.72. The van der Waals surface area contributed by atoms with Gasteiger partial charge in [-0.05, 0) is 30.9 Å². The van der Waals surface area contributed by atoms with Crippen LogP contribution in [0.25, 0.3) is 0 Å². The number of β-amino-alcohol motifs (C(OH)–C–C–N with tert-alkyl or cyclic N) is 1. The van der Waals surface area contributed by atoms with E-state index < -0.39 is 18.1 Å². The molecule has 2 heterocycles. The minimum Gasteiger partial charge on any atom is -0.480 e. The average molecular weight is 309 g/mol. The first-order valence-corrected chi connectivity index (χ1v) is 8.68. The fraction of sp³-hybridized carbons (Fsp3) is 0.688. The van der Waals surface area contributed by atoms with Crippen LogP contribution >= 0.6 is 11.3 Å². The van der Waals surface area contributed by atoms with Gasteiger partial charge in [-0.25, -0.2) is 0 Å². The maximum Gasteiger partial charge on any atom is 0.321 e. The highest BCUT2D eigenvalue weighted by atomic mass is 32.1. The summed E-state index contributed by atoms with van der Waals surface area (Å²) in [6, 6.07) is 3.82. The van der Waals surface area contributed by atoms with Crippen LogP contribution in [0.4, 0.5) is 0 Å². The highest BCUT2D eigenvalue weighted by Crippen LogP contribution is 2.37. The second-order valence-electron chi connectivity index (χ2n) is 6.31. The lowest BCUT2D eigenvalue weighted by Crippen LogP contribution is -2.35. The standard InChI is InChI=1S/C16H23NO3S/c18-12-8-14(16(19)20)17(9-12)10-13-6-7-15(21-13)11-4-2-1-3-5-11/h6-7,11-12,14,18H,1-5,8-10H2,(H,19,20)/t12-,14+/m1/s1. The molecule has 2 atom stereocenters. The number of carboxylic acid groups (broad SMARTS) is 1. The van der Waals surface area contributed by atoms with Crippen molar-refractivity contribution >= 4 is 17.3 Å². The van der Waals surface area contributed by atoms with Gasteiger partial charge in [0.1, 0.15) is 6.04 Å². The van der Waals surface area contributed by atoms with Gasteiger partial charge in [0.05, 0.1) is 6.10 Å². The number of hydrogen-bond acceptors (Lipinski definition) is 4. The van der Waals surface area contributed by atoms with Crippen molar-refractivity contribution in [3.8, 4) is 0 Å². The minimum absolute atomic E-state index is 0.343. The first-order valence-electron chi connectivity index (χ1n) is 7.87. The molecule has 4 nitrogen and oxygen atoms in total. The van der Waals surface area contributed by atoms with Crippen LogP contribution in [0.15, 0.2) is 12.1 Å². The number of carbonyl (C=O) groups is 1. The summed E-state index contributed by atoms with van der Waals surface area (Å²) in [5.41, 5.74) is 0. The normalized spacial score (nSPS) is 28.0. The molecule has 1 aromatic heterocycles. The molecule has 116 valence electrons. The Hall–Kier alpha value is -0.910. The number of aliphatic hydroxyl groups excluding tert-OH is 1. The zero-order chi connectivity index (χ0) is 14.8. The lowest BCUT2D eigenvalue weighted by molar-refractivity contribution is -0.142. The van der Waals surface area contributed by atoms with Crippen molar-refractivity contribution in [3.63, 3.8) is 0 Å². The zero-order valence-electron chi connectivity index (χ0n) is 12.2. The van der Waals surface area contributed by atoms with Gasteiger partial charge in [-0.2, -0.15) is 0 Å². The molecule has 1 saturated heterocycles. The second-order valence-corrected chi connectivity index (χ2v) is 7.51. The molecule has 0 unspecified atom stereocenters. The van der Waals surface area contributed by atoms with Gasteiger partial charge in [0.15, 0.2) is 0 Å². The van der Waals surface area contributed by atoms with Gasteiger partial charge in [-0.1, -0.05) is 19.3 Å². The molecule has 1 aromatic rings. The van der Waals surface area contributed by atoms with Crippen LogP contribution in [0, 0.1) is 0 Å².